The van der Waals surface area contributed by atoms with Gasteiger partial charge in [0.1, 0.15) is 16.5 Å². The molecule has 0 radical (unpaired) electrons. The van der Waals surface area contributed by atoms with Gasteiger partial charge in [-0.1, -0.05) is 31.6 Å². The Morgan fingerprint density at radius 2 is 1.67 bits per heavy atom. The first-order valence-corrected chi connectivity index (χ1v) is 14.5. The molecule has 230 valence electrons. The van der Waals surface area contributed by atoms with Crippen LogP contribution in [0.4, 0.5) is 29.5 Å². The van der Waals surface area contributed by atoms with Crippen LogP contribution in [0.25, 0.3) is 11.1 Å². The number of ether oxygens (including phenoxy) is 1. The predicted molar refractivity (Wildman–Crippen MR) is 149 cm³/mol. The average molecular weight is 621 g/mol. The lowest BCUT2D eigenvalue weighted by Gasteiger charge is -2.41. The topological polar surface area (TPSA) is 94.7 Å². The van der Waals surface area contributed by atoms with E-state index in [4.69, 9.17) is 4.74 Å². The number of hydrogen-bond donors (Lipinski definition) is 2. The summed E-state index contributed by atoms with van der Waals surface area (Å²) < 4.78 is 89.0. The number of carbonyl (C=O) groups is 2. The van der Waals surface area contributed by atoms with Gasteiger partial charge in [-0.3, -0.25) is 14.4 Å². The smallest absolute Gasteiger partial charge is 0.310 e. The maximum Gasteiger partial charge on any atom is 0.310 e. The zero-order chi connectivity index (χ0) is 31.5. The molecule has 0 bridgehead atoms. The second-order valence-electron chi connectivity index (χ2n) is 9.78. The van der Waals surface area contributed by atoms with E-state index in [-0.39, 0.29) is 36.6 Å². The number of halogens is 6. The van der Waals surface area contributed by atoms with Gasteiger partial charge < -0.3 is 24.8 Å². The van der Waals surface area contributed by atoms with Crippen molar-refractivity contribution in [1.29, 1.82) is 0 Å². The van der Waals surface area contributed by atoms with E-state index in [1.54, 1.807) is 25.9 Å². The minimum absolute atomic E-state index is 0.0426. The molecule has 1 aromatic heterocycles. The quantitative estimate of drug-likeness (QED) is 0.255. The summed E-state index contributed by atoms with van der Waals surface area (Å²) in [5.41, 5.74) is -1.33. The third-order valence-electron chi connectivity index (χ3n) is 6.01. The van der Waals surface area contributed by atoms with Gasteiger partial charge in [0.05, 0.1) is 13.0 Å². The molecule has 0 saturated carbocycles. The highest BCUT2D eigenvalue weighted by molar-refractivity contribution is 8.45. The Morgan fingerprint density at radius 3 is 2.26 bits per heavy atom. The highest BCUT2D eigenvalue weighted by Crippen LogP contribution is 3.02. The third kappa shape index (κ3) is 8.52. The summed E-state index contributed by atoms with van der Waals surface area (Å²) in [7, 11) is -5.54. The largest absolute Gasteiger partial charge is 0.493 e. The molecule has 0 aliphatic heterocycles. The SMILES string of the molecule is CCOc1cc(=O)[nH]cc1-c1ccc(CC(=O)Nc2cc(C(=O)N(C)CCN(C)C)cc(S(F)(F)(F)(F)F)c2)c(F)c1. The Hall–Kier alpha value is -3.98. The minimum Gasteiger partial charge on any atom is -0.493 e. The van der Waals surface area contributed by atoms with Gasteiger partial charge in [-0.05, 0) is 56.4 Å². The zero-order valence-corrected chi connectivity index (χ0v) is 24.0. The molecular formula is C27H30F6N4O4S. The van der Waals surface area contributed by atoms with Crippen molar-refractivity contribution in [3.8, 4) is 16.9 Å². The zero-order valence-electron chi connectivity index (χ0n) is 23.2. The van der Waals surface area contributed by atoms with E-state index in [1.165, 1.54) is 31.4 Å². The van der Waals surface area contributed by atoms with Gasteiger partial charge in [-0.2, -0.15) is 0 Å². The van der Waals surface area contributed by atoms with Crippen LogP contribution in [-0.4, -0.2) is 67.4 Å². The van der Waals surface area contributed by atoms with Crippen molar-refractivity contribution in [2.24, 2.45) is 0 Å². The third-order valence-corrected chi connectivity index (χ3v) is 7.14. The molecule has 2 amide bonds. The van der Waals surface area contributed by atoms with Crippen molar-refractivity contribution in [2.45, 2.75) is 18.2 Å². The lowest BCUT2D eigenvalue weighted by Crippen LogP contribution is -2.33. The number of hydrogen-bond acceptors (Lipinski definition) is 5. The number of nitrogens with one attached hydrogen (secondary N) is 2. The summed E-state index contributed by atoms with van der Waals surface area (Å²) in [5.74, 6) is -2.63. The maximum absolute atomic E-state index is 15.0. The fourth-order valence-corrected chi connectivity index (χ4v) is 4.58. The van der Waals surface area contributed by atoms with E-state index >= 15 is 0 Å². The van der Waals surface area contributed by atoms with Crippen molar-refractivity contribution < 1.29 is 38.1 Å². The maximum atomic E-state index is 15.0. The Balaban J connectivity index is 1.89. The summed E-state index contributed by atoms with van der Waals surface area (Å²) in [6.45, 7) is 2.38. The Morgan fingerprint density at radius 1 is 0.976 bits per heavy atom. The van der Waals surface area contributed by atoms with E-state index in [0.29, 0.717) is 17.7 Å². The van der Waals surface area contributed by atoms with Gasteiger partial charge in [0.2, 0.25) is 5.91 Å². The van der Waals surface area contributed by atoms with Crippen molar-refractivity contribution in [1.82, 2.24) is 14.8 Å². The van der Waals surface area contributed by atoms with Gasteiger partial charge in [0.15, 0.2) is 0 Å². The van der Waals surface area contributed by atoms with Crippen LogP contribution in [0, 0.1) is 5.82 Å². The van der Waals surface area contributed by atoms with Gasteiger partial charge in [-0.15, -0.1) is 0 Å². The summed E-state index contributed by atoms with van der Waals surface area (Å²) in [5, 5.41) is 2.07. The highest BCUT2D eigenvalue weighted by Gasteiger charge is 2.65. The lowest BCUT2D eigenvalue weighted by atomic mass is 10.0. The van der Waals surface area contributed by atoms with E-state index in [9.17, 15) is 38.2 Å². The number of rotatable bonds is 11. The van der Waals surface area contributed by atoms with Crippen LogP contribution in [0.2, 0.25) is 0 Å². The van der Waals surface area contributed by atoms with Crippen LogP contribution in [-0.2, 0) is 11.2 Å². The molecule has 0 spiro atoms. The fourth-order valence-electron chi connectivity index (χ4n) is 3.88. The number of anilines is 1. The van der Waals surface area contributed by atoms with Crippen molar-refractivity contribution in [3.63, 3.8) is 0 Å². The second kappa shape index (κ2) is 11.4. The van der Waals surface area contributed by atoms with Crippen molar-refractivity contribution >= 4 is 27.7 Å². The van der Waals surface area contributed by atoms with Crippen LogP contribution in [0.5, 0.6) is 5.75 Å². The summed E-state index contributed by atoms with van der Waals surface area (Å²) in [6.07, 6.45) is 0.666. The van der Waals surface area contributed by atoms with Crippen molar-refractivity contribution in [3.05, 3.63) is 76.0 Å². The Bertz CT molecular complexity index is 1560. The van der Waals surface area contributed by atoms with Crippen LogP contribution in [0.15, 0.2) is 58.4 Å². The number of H-pyrrole nitrogens is 1. The average Bonchev–Trinajstić information content (AvgIpc) is 2.87. The van der Waals surface area contributed by atoms with Crippen LogP contribution in [0.3, 0.4) is 0 Å². The first kappa shape index (κ1) is 32.5. The molecule has 15 heteroatoms. The molecule has 8 nitrogen and oxygen atoms in total. The number of pyridine rings is 1. The molecule has 0 unspecified atom stereocenters. The number of benzene rings is 2. The molecule has 2 N–H and O–H groups in total. The Labute approximate surface area is 238 Å². The highest BCUT2D eigenvalue weighted by atomic mass is 32.5. The lowest BCUT2D eigenvalue weighted by molar-refractivity contribution is -0.115. The van der Waals surface area contributed by atoms with Gasteiger partial charge >= 0.3 is 10.2 Å². The van der Waals surface area contributed by atoms with Crippen LogP contribution < -0.4 is 15.6 Å². The second-order valence-corrected chi connectivity index (χ2v) is 12.2. The van der Waals surface area contributed by atoms with Crippen LogP contribution >= 0.6 is 10.2 Å². The van der Waals surface area contributed by atoms with Crippen LogP contribution in [0.1, 0.15) is 22.8 Å². The summed E-state index contributed by atoms with van der Waals surface area (Å²) >= 11 is 0. The van der Waals surface area contributed by atoms with E-state index < -0.39 is 56.0 Å². The molecule has 0 fully saturated rings. The Kier molecular flexibility index (Phi) is 8.80. The number of aromatic amines is 1. The molecule has 3 aromatic rings. The summed E-state index contributed by atoms with van der Waals surface area (Å²) in [6, 6.07) is 5.91. The molecule has 0 aliphatic rings. The first-order chi connectivity index (χ1) is 19.3. The molecule has 1 heterocycles. The molecule has 3 rings (SSSR count). The predicted octanol–water partition coefficient (Wildman–Crippen LogP) is 6.05. The number of likely N-dealkylation sites (N-methyl/N-ethyl adjacent to an activating group) is 2. The molecule has 2 aromatic carbocycles. The molecule has 42 heavy (non-hydrogen) atoms. The molecule has 0 aliphatic carbocycles. The number of carbonyl (C=O) groups excluding carboxylic acids is 2. The number of amides is 2. The van der Waals surface area contributed by atoms with Crippen molar-refractivity contribution in [2.75, 3.05) is 46.2 Å². The fraction of sp³-hybridized carbons (Fsp3) is 0.296. The normalized spacial score (nSPS) is 13.3. The van der Waals surface area contributed by atoms with E-state index in [0.717, 1.165) is 17.0 Å². The minimum atomic E-state index is -10.3. The molecule has 0 atom stereocenters. The monoisotopic (exact) mass is 620 g/mol. The van der Waals surface area contributed by atoms with Gasteiger partial charge in [0, 0.05) is 49.2 Å². The molecule has 0 saturated heterocycles. The summed E-state index contributed by atoms with van der Waals surface area (Å²) in [4.78, 5) is 40.0. The first-order valence-electron chi connectivity index (χ1n) is 12.5. The molecular weight excluding hydrogens is 590 g/mol. The van der Waals surface area contributed by atoms with E-state index in [1.807, 2.05) is 0 Å². The number of nitrogens with zero attached hydrogens (tertiary/aromatic N) is 2. The van der Waals surface area contributed by atoms with Gasteiger partial charge in [-0.25, -0.2) is 4.39 Å². The van der Waals surface area contributed by atoms with E-state index in [2.05, 4.69) is 10.3 Å². The number of aromatic nitrogens is 1. The standard InChI is InChI=1S/C27H30F6N4O4S/c1-5-41-24-15-25(38)34-16-22(24)17-6-7-18(23(28)12-17)13-26(39)35-20-10-19(27(40)37(4)9-8-36(2)3)11-21(14-20)42(29,30,31,32)33/h6-7,10-12,14-16H,5,8-9,13H2,1-4H3,(H,34,38)(H,35,39). The van der Waals surface area contributed by atoms with Gasteiger partial charge in [0.25, 0.3) is 11.5 Å².